The molecule has 1 unspecified atom stereocenters. The van der Waals surface area contributed by atoms with E-state index >= 15 is 0 Å². The number of halogens is 2. The van der Waals surface area contributed by atoms with Crippen LogP contribution >= 0.6 is 50.2 Å². The van der Waals surface area contributed by atoms with Gasteiger partial charge in [0.1, 0.15) is 6.10 Å². The van der Waals surface area contributed by atoms with E-state index < -0.39 is 6.10 Å². The Balaban J connectivity index is 1.80. The van der Waals surface area contributed by atoms with Gasteiger partial charge in [-0.25, -0.2) is 0 Å². The van der Waals surface area contributed by atoms with E-state index in [1.165, 1.54) is 4.88 Å². The van der Waals surface area contributed by atoms with E-state index in [2.05, 4.69) is 38.4 Å². The van der Waals surface area contributed by atoms with E-state index in [-0.39, 0.29) is 0 Å². The molecular weight excluding hydrogens is 462 g/mol. The summed E-state index contributed by atoms with van der Waals surface area (Å²) in [6, 6.07) is 15.7. The summed E-state index contributed by atoms with van der Waals surface area (Å²) in [5.41, 5.74) is 3.82. The predicted octanol–water partition coefficient (Wildman–Crippen LogP) is 6.96. The van der Waals surface area contributed by atoms with Crippen LogP contribution in [0.5, 0.6) is 0 Å². The SMILES string of the molecule is OC(c1cccnc1)c1c(-c2ccc(Cl)cc2)csc1Cc1ccc(Br)s1. The number of hydrogen-bond donors (Lipinski definition) is 1. The minimum atomic E-state index is -0.728. The van der Waals surface area contributed by atoms with Crippen LogP contribution < -0.4 is 0 Å². The van der Waals surface area contributed by atoms with Crippen LogP contribution in [0.2, 0.25) is 5.02 Å². The van der Waals surface area contributed by atoms with Crippen molar-refractivity contribution < 1.29 is 5.11 Å². The van der Waals surface area contributed by atoms with Crippen molar-refractivity contribution in [3.05, 3.63) is 96.0 Å². The molecule has 0 bridgehead atoms. The smallest absolute Gasteiger partial charge is 0.107 e. The fourth-order valence-corrected chi connectivity index (χ4v) is 5.83. The van der Waals surface area contributed by atoms with Gasteiger partial charge in [-0.1, -0.05) is 29.8 Å². The maximum Gasteiger partial charge on any atom is 0.107 e. The monoisotopic (exact) mass is 475 g/mol. The number of thiophene rings is 2. The molecule has 0 spiro atoms. The van der Waals surface area contributed by atoms with Gasteiger partial charge in [-0.05, 0) is 62.8 Å². The van der Waals surface area contributed by atoms with Crippen LogP contribution in [0.15, 0.2) is 70.1 Å². The number of aliphatic hydroxyl groups excluding tert-OH is 1. The number of benzene rings is 1. The average Bonchev–Trinajstić information content (AvgIpc) is 3.29. The molecule has 3 aromatic heterocycles. The first kappa shape index (κ1) is 18.8. The average molecular weight is 477 g/mol. The Bertz CT molecular complexity index is 1040. The zero-order valence-electron chi connectivity index (χ0n) is 14.1. The van der Waals surface area contributed by atoms with Crippen LogP contribution in [-0.2, 0) is 6.42 Å². The van der Waals surface area contributed by atoms with Crippen molar-refractivity contribution in [3.8, 4) is 11.1 Å². The molecule has 2 nitrogen and oxygen atoms in total. The zero-order chi connectivity index (χ0) is 18.8. The van der Waals surface area contributed by atoms with Crippen LogP contribution in [0.4, 0.5) is 0 Å². The number of rotatable bonds is 5. The van der Waals surface area contributed by atoms with Crippen molar-refractivity contribution in [2.24, 2.45) is 0 Å². The third kappa shape index (κ3) is 4.18. The number of hydrogen-bond acceptors (Lipinski definition) is 4. The van der Waals surface area contributed by atoms with Crippen LogP contribution in [-0.4, -0.2) is 10.1 Å². The lowest BCUT2D eigenvalue weighted by atomic mass is 9.94. The molecule has 0 saturated heterocycles. The molecule has 6 heteroatoms. The quantitative estimate of drug-likeness (QED) is 0.338. The van der Waals surface area contributed by atoms with Crippen molar-refractivity contribution in [3.63, 3.8) is 0 Å². The number of pyridine rings is 1. The third-order valence-electron chi connectivity index (χ3n) is 4.30. The number of aromatic nitrogens is 1. The van der Waals surface area contributed by atoms with Gasteiger partial charge in [0.2, 0.25) is 0 Å². The molecule has 0 amide bonds. The van der Waals surface area contributed by atoms with Crippen LogP contribution in [0.1, 0.15) is 27.0 Å². The second-order valence-electron chi connectivity index (χ2n) is 6.06. The minimum Gasteiger partial charge on any atom is -0.384 e. The van der Waals surface area contributed by atoms with E-state index in [1.807, 2.05) is 36.4 Å². The molecule has 0 aliphatic carbocycles. The fraction of sp³-hybridized carbons (Fsp3) is 0.0952. The highest BCUT2D eigenvalue weighted by molar-refractivity contribution is 9.11. The highest BCUT2D eigenvalue weighted by Gasteiger charge is 2.22. The maximum atomic E-state index is 11.2. The summed E-state index contributed by atoms with van der Waals surface area (Å²) in [6.45, 7) is 0. The topological polar surface area (TPSA) is 33.1 Å². The molecule has 0 fully saturated rings. The lowest BCUT2D eigenvalue weighted by molar-refractivity contribution is 0.220. The van der Waals surface area contributed by atoms with Crippen LogP contribution in [0.25, 0.3) is 11.1 Å². The molecular formula is C21H15BrClNOS2. The standard InChI is InChI=1S/C21H15BrClNOS2/c22-19-8-7-16(27-19)10-18-20(21(25)14-2-1-9-24-11-14)17(12-26-18)13-3-5-15(23)6-4-13/h1-9,11-12,21,25H,10H2. The second kappa shape index (κ2) is 8.25. The van der Waals surface area contributed by atoms with E-state index in [1.54, 1.807) is 35.1 Å². The van der Waals surface area contributed by atoms with Gasteiger partial charge in [0.15, 0.2) is 0 Å². The number of aliphatic hydroxyl groups is 1. The summed E-state index contributed by atoms with van der Waals surface area (Å²) in [6.07, 6.45) is 3.50. The first-order chi connectivity index (χ1) is 13.1. The van der Waals surface area contributed by atoms with Gasteiger partial charge in [0.05, 0.1) is 3.79 Å². The van der Waals surface area contributed by atoms with E-state index in [9.17, 15) is 5.11 Å². The summed E-state index contributed by atoms with van der Waals surface area (Å²) < 4.78 is 1.11. The first-order valence-electron chi connectivity index (χ1n) is 8.30. The molecule has 0 radical (unpaired) electrons. The van der Waals surface area contributed by atoms with E-state index in [0.29, 0.717) is 5.02 Å². The van der Waals surface area contributed by atoms with Gasteiger partial charge in [0.25, 0.3) is 0 Å². The zero-order valence-corrected chi connectivity index (χ0v) is 18.1. The first-order valence-corrected chi connectivity index (χ1v) is 11.2. The van der Waals surface area contributed by atoms with Crippen molar-refractivity contribution in [2.75, 3.05) is 0 Å². The van der Waals surface area contributed by atoms with Crippen molar-refractivity contribution in [1.29, 1.82) is 0 Å². The Kier molecular flexibility index (Phi) is 5.76. The molecule has 1 aromatic carbocycles. The lowest BCUT2D eigenvalue weighted by Crippen LogP contribution is -2.03. The van der Waals surface area contributed by atoms with Crippen molar-refractivity contribution in [2.45, 2.75) is 12.5 Å². The summed E-state index contributed by atoms with van der Waals surface area (Å²) in [4.78, 5) is 6.58. The molecule has 0 aliphatic rings. The molecule has 0 saturated carbocycles. The fourth-order valence-electron chi connectivity index (χ4n) is 3.01. The summed E-state index contributed by atoms with van der Waals surface area (Å²) in [5, 5.41) is 14.0. The van der Waals surface area contributed by atoms with Crippen molar-refractivity contribution in [1.82, 2.24) is 4.98 Å². The molecule has 27 heavy (non-hydrogen) atoms. The van der Waals surface area contributed by atoms with Gasteiger partial charge < -0.3 is 5.11 Å². The van der Waals surface area contributed by atoms with Crippen molar-refractivity contribution >= 4 is 50.2 Å². The van der Waals surface area contributed by atoms with Gasteiger partial charge in [-0.3, -0.25) is 4.98 Å². The molecule has 136 valence electrons. The van der Waals surface area contributed by atoms with Crippen LogP contribution in [0.3, 0.4) is 0 Å². The summed E-state index contributed by atoms with van der Waals surface area (Å²) in [5.74, 6) is 0. The number of nitrogens with zero attached hydrogens (tertiary/aromatic N) is 1. The minimum absolute atomic E-state index is 0.701. The van der Waals surface area contributed by atoms with Gasteiger partial charge >= 0.3 is 0 Å². The highest BCUT2D eigenvalue weighted by atomic mass is 79.9. The molecule has 3 heterocycles. The van der Waals surface area contributed by atoms with E-state index in [0.717, 1.165) is 37.3 Å². The summed E-state index contributed by atoms with van der Waals surface area (Å²) >= 11 is 13.0. The van der Waals surface area contributed by atoms with E-state index in [4.69, 9.17) is 11.6 Å². The Morgan fingerprint density at radius 2 is 1.93 bits per heavy atom. The second-order valence-corrected chi connectivity index (χ2v) is 10.0. The Hall–Kier alpha value is -1.50. The molecule has 4 aromatic rings. The Morgan fingerprint density at radius 1 is 1.11 bits per heavy atom. The third-order valence-corrected chi connectivity index (χ3v) is 7.18. The highest BCUT2D eigenvalue weighted by Crippen LogP contribution is 2.40. The predicted molar refractivity (Wildman–Crippen MR) is 118 cm³/mol. The lowest BCUT2D eigenvalue weighted by Gasteiger charge is -2.15. The summed E-state index contributed by atoms with van der Waals surface area (Å²) in [7, 11) is 0. The molecule has 1 N–H and O–H groups in total. The molecule has 0 aliphatic heterocycles. The van der Waals surface area contributed by atoms with Crippen LogP contribution in [0, 0.1) is 0 Å². The van der Waals surface area contributed by atoms with Gasteiger partial charge in [-0.15, -0.1) is 22.7 Å². The van der Waals surface area contributed by atoms with Gasteiger partial charge in [-0.2, -0.15) is 0 Å². The van der Waals surface area contributed by atoms with Gasteiger partial charge in [0, 0.05) is 44.7 Å². The maximum absolute atomic E-state index is 11.2. The largest absolute Gasteiger partial charge is 0.384 e. The Labute approximate surface area is 179 Å². The molecule has 1 atom stereocenters. The Morgan fingerprint density at radius 3 is 2.59 bits per heavy atom. The normalized spacial score (nSPS) is 12.3. The molecule has 4 rings (SSSR count).